The molecule has 2 atom stereocenters. The summed E-state index contributed by atoms with van der Waals surface area (Å²) in [5, 5.41) is 10.4. The van der Waals surface area contributed by atoms with Gasteiger partial charge in [0.15, 0.2) is 0 Å². The zero-order chi connectivity index (χ0) is 17.5. The minimum atomic E-state index is -0.525. The van der Waals surface area contributed by atoms with Crippen LogP contribution in [-0.2, 0) is 11.3 Å². The van der Waals surface area contributed by atoms with E-state index in [2.05, 4.69) is 24.0 Å². The molecule has 0 aliphatic carbocycles. The van der Waals surface area contributed by atoms with Gasteiger partial charge in [-0.25, -0.2) is 0 Å². The number of benzene rings is 1. The number of nitrogens with zero attached hydrogens (tertiary/aromatic N) is 1. The van der Waals surface area contributed by atoms with Crippen LogP contribution >= 0.6 is 11.3 Å². The van der Waals surface area contributed by atoms with E-state index in [1.54, 1.807) is 0 Å². The molecule has 25 heavy (non-hydrogen) atoms. The van der Waals surface area contributed by atoms with E-state index >= 15 is 0 Å². The normalized spacial score (nSPS) is 18.6. The second kappa shape index (κ2) is 9.34. The van der Waals surface area contributed by atoms with Crippen LogP contribution in [0.1, 0.15) is 22.6 Å². The van der Waals surface area contributed by atoms with Crippen LogP contribution in [-0.4, -0.2) is 48.5 Å². The molecule has 4 nitrogen and oxygen atoms in total. The number of aliphatic hydroxyl groups excluding tert-OH is 1. The van der Waals surface area contributed by atoms with Gasteiger partial charge in [-0.05, 0) is 44.0 Å². The maximum absolute atomic E-state index is 10.4. The first-order valence-corrected chi connectivity index (χ1v) is 9.76. The van der Waals surface area contributed by atoms with Crippen molar-refractivity contribution in [3.63, 3.8) is 0 Å². The van der Waals surface area contributed by atoms with Gasteiger partial charge in [0, 0.05) is 36.0 Å². The van der Waals surface area contributed by atoms with E-state index in [1.807, 2.05) is 41.7 Å². The van der Waals surface area contributed by atoms with E-state index < -0.39 is 6.10 Å². The highest BCUT2D eigenvalue weighted by Crippen LogP contribution is 2.20. The van der Waals surface area contributed by atoms with Crippen LogP contribution in [0.2, 0.25) is 0 Å². The maximum atomic E-state index is 10.4. The molecule has 5 heteroatoms. The second-order valence-electron chi connectivity index (χ2n) is 6.62. The molecular formula is C20H27NO3S. The average molecular weight is 362 g/mol. The fraction of sp³-hybridized carbons (Fsp3) is 0.500. The number of aryl methyl sites for hydroxylation is 1. The predicted octanol–water partition coefficient (Wildman–Crippen LogP) is 3.48. The first kappa shape index (κ1) is 18.4. The molecule has 136 valence electrons. The zero-order valence-corrected chi connectivity index (χ0v) is 15.6. The molecule has 2 aromatic rings. The van der Waals surface area contributed by atoms with Crippen molar-refractivity contribution in [3.8, 4) is 5.75 Å². The van der Waals surface area contributed by atoms with Crippen molar-refractivity contribution in [1.29, 1.82) is 0 Å². The second-order valence-corrected chi connectivity index (χ2v) is 7.99. The lowest BCUT2D eigenvalue weighted by atomic mass is 10.2. The van der Waals surface area contributed by atoms with E-state index in [-0.39, 0.29) is 6.10 Å². The Balaban J connectivity index is 1.53. The van der Waals surface area contributed by atoms with E-state index in [4.69, 9.17) is 9.47 Å². The maximum Gasteiger partial charge on any atom is 0.119 e. The molecule has 2 unspecified atom stereocenters. The third-order valence-electron chi connectivity index (χ3n) is 4.32. The van der Waals surface area contributed by atoms with Crippen LogP contribution in [0.4, 0.5) is 0 Å². The minimum Gasteiger partial charge on any atom is -0.491 e. The predicted molar refractivity (Wildman–Crippen MR) is 101 cm³/mol. The van der Waals surface area contributed by atoms with Crippen molar-refractivity contribution in [3.05, 3.63) is 52.2 Å². The summed E-state index contributed by atoms with van der Waals surface area (Å²) in [6.07, 6.45) is 2.00. The van der Waals surface area contributed by atoms with E-state index in [9.17, 15) is 5.11 Å². The molecule has 1 aliphatic heterocycles. The molecule has 1 N–H and O–H groups in total. The molecule has 1 aromatic heterocycles. The lowest BCUT2D eigenvalue weighted by Crippen LogP contribution is -2.39. The SMILES string of the molecule is Cc1ccc(CN(CC(O)COc2ccccc2)CC2CCCO2)s1. The summed E-state index contributed by atoms with van der Waals surface area (Å²) in [5.74, 6) is 0.793. The van der Waals surface area contributed by atoms with Gasteiger partial charge in [-0.1, -0.05) is 18.2 Å². The molecule has 0 amide bonds. The molecule has 0 saturated carbocycles. The van der Waals surface area contributed by atoms with Crippen molar-refractivity contribution >= 4 is 11.3 Å². The van der Waals surface area contributed by atoms with Gasteiger partial charge in [0.05, 0.1) is 6.10 Å². The summed E-state index contributed by atoms with van der Waals surface area (Å²) >= 11 is 1.82. The number of aliphatic hydroxyl groups is 1. The summed E-state index contributed by atoms with van der Waals surface area (Å²) in [7, 11) is 0. The van der Waals surface area contributed by atoms with Crippen molar-refractivity contribution < 1.29 is 14.6 Å². The Labute approximate surface area is 154 Å². The lowest BCUT2D eigenvalue weighted by Gasteiger charge is -2.27. The third-order valence-corrected chi connectivity index (χ3v) is 5.30. The fourth-order valence-electron chi connectivity index (χ4n) is 3.13. The smallest absolute Gasteiger partial charge is 0.119 e. The summed E-state index contributed by atoms with van der Waals surface area (Å²) in [4.78, 5) is 4.94. The van der Waals surface area contributed by atoms with Gasteiger partial charge in [0.25, 0.3) is 0 Å². The summed E-state index contributed by atoms with van der Waals surface area (Å²) in [6.45, 7) is 5.58. The Morgan fingerprint density at radius 2 is 2.12 bits per heavy atom. The lowest BCUT2D eigenvalue weighted by molar-refractivity contribution is 0.0317. The number of thiophene rings is 1. The number of ether oxygens (including phenoxy) is 2. The van der Waals surface area contributed by atoms with E-state index in [0.717, 1.165) is 38.3 Å². The van der Waals surface area contributed by atoms with Gasteiger partial charge in [0.1, 0.15) is 18.5 Å². The summed E-state index contributed by atoms with van der Waals surface area (Å²) in [6, 6.07) is 14.0. The highest BCUT2D eigenvalue weighted by Gasteiger charge is 2.21. The largest absolute Gasteiger partial charge is 0.491 e. The quantitative estimate of drug-likeness (QED) is 0.742. The van der Waals surface area contributed by atoms with Gasteiger partial charge in [-0.3, -0.25) is 4.90 Å². The van der Waals surface area contributed by atoms with Gasteiger partial charge in [-0.2, -0.15) is 0 Å². The van der Waals surface area contributed by atoms with Crippen LogP contribution in [0, 0.1) is 6.92 Å². The Hall–Kier alpha value is -1.40. The summed E-state index contributed by atoms with van der Waals surface area (Å²) in [5.41, 5.74) is 0. The van der Waals surface area contributed by atoms with Crippen LogP contribution in [0.3, 0.4) is 0 Å². The Morgan fingerprint density at radius 3 is 2.80 bits per heavy atom. The molecule has 2 heterocycles. The number of hydrogen-bond donors (Lipinski definition) is 1. The monoisotopic (exact) mass is 361 g/mol. The minimum absolute atomic E-state index is 0.281. The van der Waals surface area contributed by atoms with Crippen LogP contribution in [0.5, 0.6) is 5.75 Å². The fourth-order valence-corrected chi connectivity index (χ4v) is 4.06. The van der Waals surface area contributed by atoms with Crippen molar-refractivity contribution in [2.45, 2.75) is 38.5 Å². The first-order chi connectivity index (χ1) is 12.2. The van der Waals surface area contributed by atoms with Crippen molar-refractivity contribution in [2.75, 3.05) is 26.3 Å². The molecular weight excluding hydrogens is 334 g/mol. The molecule has 1 fully saturated rings. The van der Waals surface area contributed by atoms with Crippen molar-refractivity contribution in [2.24, 2.45) is 0 Å². The standard InChI is InChI=1S/C20H27NO3S/c1-16-9-10-20(25-16)14-21(13-19-8-5-11-23-19)12-17(22)15-24-18-6-3-2-4-7-18/h2-4,6-7,9-10,17,19,22H,5,8,11-15H2,1H3. The molecule has 0 spiro atoms. The molecule has 3 rings (SSSR count). The highest BCUT2D eigenvalue weighted by molar-refractivity contribution is 7.11. The summed E-state index contributed by atoms with van der Waals surface area (Å²) < 4.78 is 11.5. The van der Waals surface area contributed by atoms with Crippen molar-refractivity contribution in [1.82, 2.24) is 4.90 Å². The number of para-hydroxylation sites is 1. The van der Waals surface area contributed by atoms with Gasteiger partial charge < -0.3 is 14.6 Å². The first-order valence-electron chi connectivity index (χ1n) is 8.94. The Morgan fingerprint density at radius 1 is 1.28 bits per heavy atom. The average Bonchev–Trinajstić information content (AvgIpc) is 3.26. The highest BCUT2D eigenvalue weighted by atomic mass is 32.1. The number of hydrogen-bond acceptors (Lipinski definition) is 5. The van der Waals surface area contributed by atoms with Gasteiger partial charge >= 0.3 is 0 Å². The molecule has 1 aliphatic rings. The molecule has 0 bridgehead atoms. The van der Waals surface area contributed by atoms with Crippen LogP contribution < -0.4 is 4.74 Å². The van der Waals surface area contributed by atoms with E-state index in [0.29, 0.717) is 13.2 Å². The Bertz CT molecular complexity index is 625. The third kappa shape index (κ3) is 6.12. The van der Waals surface area contributed by atoms with Gasteiger partial charge in [0.2, 0.25) is 0 Å². The van der Waals surface area contributed by atoms with E-state index in [1.165, 1.54) is 9.75 Å². The van der Waals surface area contributed by atoms with Crippen LogP contribution in [0.15, 0.2) is 42.5 Å². The molecule has 1 saturated heterocycles. The van der Waals surface area contributed by atoms with Crippen LogP contribution in [0.25, 0.3) is 0 Å². The molecule has 1 aromatic carbocycles. The molecule has 0 radical (unpaired) electrons. The number of rotatable bonds is 9. The topological polar surface area (TPSA) is 41.9 Å². The van der Waals surface area contributed by atoms with Gasteiger partial charge in [-0.15, -0.1) is 11.3 Å². The zero-order valence-electron chi connectivity index (χ0n) is 14.8. The Kier molecular flexibility index (Phi) is 6.87.